The topological polar surface area (TPSA) is 84.5 Å². The number of ether oxygens (including phenoxy) is 1. The predicted octanol–water partition coefficient (Wildman–Crippen LogP) is 5.73. The molecule has 1 atom stereocenters. The van der Waals surface area contributed by atoms with Crippen molar-refractivity contribution in [3.8, 4) is 5.75 Å². The van der Waals surface area contributed by atoms with Crippen LogP contribution >= 0.6 is 0 Å². The first kappa shape index (κ1) is 25.3. The van der Waals surface area contributed by atoms with Gasteiger partial charge in [-0.25, -0.2) is 8.42 Å². The van der Waals surface area contributed by atoms with Crippen LogP contribution in [0.2, 0.25) is 0 Å². The van der Waals surface area contributed by atoms with E-state index in [0.29, 0.717) is 11.3 Å². The van der Waals surface area contributed by atoms with Gasteiger partial charge in [0.1, 0.15) is 5.75 Å². The zero-order chi connectivity index (χ0) is 25.0. The van der Waals surface area contributed by atoms with Crippen LogP contribution < -0.4 is 14.8 Å². The van der Waals surface area contributed by atoms with Crippen LogP contribution in [0, 0.1) is 13.8 Å². The van der Waals surface area contributed by atoms with Crippen molar-refractivity contribution in [3.05, 3.63) is 88.5 Å². The Morgan fingerprint density at radius 3 is 2.18 bits per heavy atom. The van der Waals surface area contributed by atoms with E-state index < -0.39 is 10.0 Å². The van der Waals surface area contributed by atoms with Crippen LogP contribution in [-0.2, 0) is 10.0 Å². The molecular weight excluding hydrogens is 448 g/mol. The van der Waals surface area contributed by atoms with Gasteiger partial charge in [0.15, 0.2) is 0 Å². The molecule has 2 N–H and O–H groups in total. The molecular formula is C27H32N2O4S. The summed E-state index contributed by atoms with van der Waals surface area (Å²) in [5.41, 5.74) is 4.36. The van der Waals surface area contributed by atoms with Gasteiger partial charge < -0.3 is 10.1 Å². The Morgan fingerprint density at radius 1 is 0.882 bits per heavy atom. The first-order valence-corrected chi connectivity index (χ1v) is 12.7. The molecule has 0 fully saturated rings. The average Bonchev–Trinajstić information content (AvgIpc) is 2.78. The van der Waals surface area contributed by atoms with E-state index in [0.717, 1.165) is 22.4 Å². The molecule has 0 radical (unpaired) electrons. The molecule has 7 heteroatoms. The molecule has 1 amide bonds. The number of carbonyl (C=O) groups is 1. The monoisotopic (exact) mass is 480 g/mol. The summed E-state index contributed by atoms with van der Waals surface area (Å²) < 4.78 is 34.1. The van der Waals surface area contributed by atoms with Crippen molar-refractivity contribution in [2.45, 2.75) is 51.5 Å². The summed E-state index contributed by atoms with van der Waals surface area (Å²) in [6, 6.07) is 17.1. The van der Waals surface area contributed by atoms with Gasteiger partial charge in [-0.15, -0.1) is 0 Å². The van der Waals surface area contributed by atoms with Gasteiger partial charge in [0, 0.05) is 11.3 Å². The highest BCUT2D eigenvalue weighted by Gasteiger charge is 2.21. The molecule has 0 aliphatic heterocycles. The normalized spacial score (nSPS) is 12.3. The number of hydrogen-bond acceptors (Lipinski definition) is 4. The van der Waals surface area contributed by atoms with Gasteiger partial charge in [0.2, 0.25) is 0 Å². The number of para-hydroxylation sites is 1. The van der Waals surface area contributed by atoms with E-state index >= 15 is 0 Å². The summed E-state index contributed by atoms with van der Waals surface area (Å²) in [6.07, 6.45) is 0. The Balaban J connectivity index is 1.87. The van der Waals surface area contributed by atoms with Crippen LogP contribution in [-0.4, -0.2) is 21.4 Å². The summed E-state index contributed by atoms with van der Waals surface area (Å²) in [6.45, 7) is 9.80. The Morgan fingerprint density at radius 2 is 1.56 bits per heavy atom. The lowest BCUT2D eigenvalue weighted by Crippen LogP contribution is -2.27. The van der Waals surface area contributed by atoms with Crippen molar-refractivity contribution >= 4 is 21.6 Å². The Bertz CT molecular complexity index is 1290. The molecule has 3 aromatic carbocycles. The number of amides is 1. The second kappa shape index (κ2) is 10.3. The largest absolute Gasteiger partial charge is 0.496 e. The van der Waals surface area contributed by atoms with Crippen LogP contribution in [0.3, 0.4) is 0 Å². The summed E-state index contributed by atoms with van der Waals surface area (Å²) in [5, 5.41) is 3.01. The van der Waals surface area contributed by atoms with Gasteiger partial charge in [-0.05, 0) is 85.3 Å². The van der Waals surface area contributed by atoms with E-state index in [1.165, 1.54) is 6.07 Å². The molecule has 6 nitrogen and oxygen atoms in total. The maximum absolute atomic E-state index is 13.1. The molecule has 34 heavy (non-hydrogen) atoms. The lowest BCUT2D eigenvalue weighted by molar-refractivity contribution is 0.0939. The summed E-state index contributed by atoms with van der Waals surface area (Å²) >= 11 is 0. The van der Waals surface area contributed by atoms with Crippen molar-refractivity contribution in [2.75, 3.05) is 11.8 Å². The molecule has 0 heterocycles. The smallest absolute Gasteiger partial charge is 0.262 e. The van der Waals surface area contributed by atoms with Crippen molar-refractivity contribution in [1.29, 1.82) is 0 Å². The van der Waals surface area contributed by atoms with Crippen molar-refractivity contribution in [3.63, 3.8) is 0 Å². The minimum Gasteiger partial charge on any atom is -0.496 e. The highest BCUT2D eigenvalue weighted by Crippen LogP contribution is 2.32. The second-order valence-corrected chi connectivity index (χ2v) is 10.4. The Hall–Kier alpha value is -3.32. The molecule has 0 aliphatic carbocycles. The number of rotatable bonds is 8. The fourth-order valence-electron chi connectivity index (χ4n) is 3.92. The third-order valence-corrected chi connectivity index (χ3v) is 7.34. The van der Waals surface area contributed by atoms with Gasteiger partial charge in [-0.1, -0.05) is 38.1 Å². The second-order valence-electron chi connectivity index (χ2n) is 8.75. The van der Waals surface area contributed by atoms with Crippen LogP contribution in [0.5, 0.6) is 5.75 Å². The molecule has 3 rings (SSSR count). The average molecular weight is 481 g/mol. The third kappa shape index (κ3) is 5.59. The maximum Gasteiger partial charge on any atom is 0.262 e. The zero-order valence-corrected chi connectivity index (χ0v) is 21.3. The Kier molecular flexibility index (Phi) is 7.67. The number of hydrogen-bond donors (Lipinski definition) is 2. The van der Waals surface area contributed by atoms with Gasteiger partial charge in [0.25, 0.3) is 15.9 Å². The lowest BCUT2D eigenvalue weighted by Gasteiger charge is -2.21. The first-order chi connectivity index (χ1) is 16.0. The standard InChI is InChI=1S/C27H32N2O4S/c1-17(2)23-16-24(19(4)14-25(23)33-6)20(5)28-27(30)21-13-12-18(3)26(15-21)34(31,32)29-22-10-8-7-9-11-22/h7-17,20,29H,1-6H3,(H,28,30). The molecule has 0 saturated carbocycles. The summed E-state index contributed by atoms with van der Waals surface area (Å²) in [5.74, 6) is 0.748. The highest BCUT2D eigenvalue weighted by molar-refractivity contribution is 7.92. The number of methoxy groups -OCH3 is 1. The molecule has 0 aromatic heterocycles. The highest BCUT2D eigenvalue weighted by atomic mass is 32.2. The predicted molar refractivity (Wildman–Crippen MR) is 136 cm³/mol. The van der Waals surface area contributed by atoms with Gasteiger partial charge in [0.05, 0.1) is 18.0 Å². The third-order valence-electron chi connectivity index (χ3n) is 5.82. The van der Waals surface area contributed by atoms with E-state index in [-0.39, 0.29) is 28.3 Å². The number of anilines is 1. The zero-order valence-electron chi connectivity index (χ0n) is 20.5. The van der Waals surface area contributed by atoms with E-state index in [1.807, 2.05) is 26.0 Å². The van der Waals surface area contributed by atoms with E-state index in [9.17, 15) is 13.2 Å². The number of nitrogens with one attached hydrogen (secondary N) is 2. The quantitative estimate of drug-likeness (QED) is 0.431. The molecule has 0 aliphatic rings. The van der Waals surface area contributed by atoms with Crippen molar-refractivity contribution < 1.29 is 17.9 Å². The van der Waals surface area contributed by atoms with Gasteiger partial charge in [-0.3, -0.25) is 9.52 Å². The van der Waals surface area contributed by atoms with Gasteiger partial charge >= 0.3 is 0 Å². The fraction of sp³-hybridized carbons (Fsp3) is 0.296. The number of carbonyl (C=O) groups excluding carboxylic acids is 1. The van der Waals surface area contributed by atoms with Crippen LogP contribution in [0.25, 0.3) is 0 Å². The minimum absolute atomic E-state index is 0.0689. The van der Waals surface area contributed by atoms with Crippen LogP contribution in [0.15, 0.2) is 65.6 Å². The van der Waals surface area contributed by atoms with Crippen LogP contribution in [0.1, 0.15) is 65.3 Å². The van der Waals surface area contributed by atoms with E-state index in [2.05, 4.69) is 30.0 Å². The van der Waals surface area contributed by atoms with Gasteiger partial charge in [-0.2, -0.15) is 0 Å². The van der Waals surface area contributed by atoms with Crippen molar-refractivity contribution in [2.24, 2.45) is 0 Å². The molecule has 0 bridgehead atoms. The summed E-state index contributed by atoms with van der Waals surface area (Å²) in [4.78, 5) is 13.1. The van der Waals surface area contributed by atoms with E-state index in [4.69, 9.17) is 4.74 Å². The molecule has 180 valence electrons. The van der Waals surface area contributed by atoms with Crippen molar-refractivity contribution in [1.82, 2.24) is 5.32 Å². The summed E-state index contributed by atoms with van der Waals surface area (Å²) in [7, 11) is -2.20. The molecule has 3 aromatic rings. The van der Waals surface area contributed by atoms with Crippen LogP contribution in [0.4, 0.5) is 5.69 Å². The minimum atomic E-state index is -3.85. The maximum atomic E-state index is 13.1. The first-order valence-electron chi connectivity index (χ1n) is 11.2. The molecule has 0 saturated heterocycles. The fourth-order valence-corrected chi connectivity index (χ4v) is 5.25. The number of aryl methyl sites for hydroxylation is 2. The molecule has 0 spiro atoms. The Labute approximate surface area is 202 Å². The SMILES string of the molecule is COc1cc(C)c(C(C)NC(=O)c2ccc(C)c(S(=O)(=O)Nc3ccccc3)c2)cc1C(C)C. The number of sulfonamides is 1. The molecule has 1 unspecified atom stereocenters. The number of benzene rings is 3. The lowest BCUT2D eigenvalue weighted by atomic mass is 9.93. The van der Waals surface area contributed by atoms with E-state index in [1.54, 1.807) is 50.4 Å².